The van der Waals surface area contributed by atoms with Crippen LogP contribution in [0, 0.1) is 74.0 Å². The van der Waals surface area contributed by atoms with Crippen LogP contribution in [0.1, 0.15) is 41.5 Å². The molecule has 0 unspecified atom stereocenters. The summed E-state index contributed by atoms with van der Waals surface area (Å²) in [6.45, 7) is 11.8. The summed E-state index contributed by atoms with van der Waals surface area (Å²) in [5.41, 5.74) is -0.284. The number of aliphatic hydroxyl groups is 2. The third-order valence-corrected chi connectivity index (χ3v) is 4.92. The summed E-state index contributed by atoms with van der Waals surface area (Å²) in [6, 6.07) is -0.445. The van der Waals surface area contributed by atoms with Gasteiger partial charge in [-0.15, -0.1) is 0 Å². The molecule has 2 amide bonds. The summed E-state index contributed by atoms with van der Waals surface area (Å²) in [7, 11) is 0. The van der Waals surface area contributed by atoms with E-state index in [4.69, 9.17) is 0 Å². The minimum Gasteiger partial charge on any atom is -0.394 e. The van der Waals surface area contributed by atoms with E-state index in [2.05, 4.69) is 10.6 Å². The van der Waals surface area contributed by atoms with Crippen molar-refractivity contribution in [1.82, 2.24) is 10.6 Å². The molecule has 0 saturated heterocycles. The van der Waals surface area contributed by atoms with Crippen LogP contribution in [0.25, 0.3) is 0 Å². The number of hydrogen-bond acceptors (Lipinski definition) is 4. The molecule has 174 valence electrons. The van der Waals surface area contributed by atoms with Crippen LogP contribution in [0.3, 0.4) is 0 Å². The molecule has 2 fully saturated rings. The normalized spacial score (nSPS) is 19.6. The Morgan fingerprint density at radius 2 is 0.968 bits per heavy atom. The molecule has 6 nitrogen and oxygen atoms in total. The molecule has 2 saturated carbocycles. The Kier molecular flexibility index (Phi) is 13.5. The molecule has 10 radical (unpaired) electrons. The quantitative estimate of drug-likeness (QED) is 0.444. The average molecular weight is 472 g/mol. The molecule has 0 aliphatic heterocycles. The topological polar surface area (TPSA) is 98.7 Å². The van der Waals surface area contributed by atoms with Crippen molar-refractivity contribution in [3.63, 3.8) is 0 Å². The summed E-state index contributed by atoms with van der Waals surface area (Å²) in [5.74, 6) is 1.01. The Bertz CT molecular complexity index is 483. The number of amides is 2. The largest absolute Gasteiger partial charge is 0.394 e. The number of carbonyl (C=O) groups excluding carboxylic acids is 2. The standard InChI is InChI=1S/2C12H18NO2.Fe/c2*1-12(2,3)10(8-14)13-11(15)9-6-4-5-7-9;/h2*4-7,10,14H,8H2,1-3H3,(H,13,15);/t2*10-;/m11./s1. The van der Waals surface area contributed by atoms with Gasteiger partial charge in [-0.3, -0.25) is 9.59 Å². The molecule has 0 aromatic rings. The van der Waals surface area contributed by atoms with Gasteiger partial charge < -0.3 is 20.8 Å². The van der Waals surface area contributed by atoms with Crippen LogP contribution in [0.15, 0.2) is 0 Å². The predicted molar refractivity (Wildman–Crippen MR) is 118 cm³/mol. The van der Waals surface area contributed by atoms with E-state index in [1.165, 1.54) is 0 Å². The number of aliphatic hydroxyl groups excluding tert-OH is 2. The van der Waals surface area contributed by atoms with Gasteiger partial charge in [-0.2, -0.15) is 0 Å². The van der Waals surface area contributed by atoms with Gasteiger partial charge in [-0.1, -0.05) is 41.5 Å². The molecule has 31 heavy (non-hydrogen) atoms. The van der Waals surface area contributed by atoms with Gasteiger partial charge in [0.05, 0.1) is 37.1 Å². The average Bonchev–Trinajstić information content (AvgIpc) is 3.35. The molecule has 2 aliphatic carbocycles. The summed E-state index contributed by atoms with van der Waals surface area (Å²) in [4.78, 5) is 23.4. The third-order valence-electron chi connectivity index (χ3n) is 4.92. The first-order chi connectivity index (χ1) is 13.9. The molecule has 0 aromatic carbocycles. The fourth-order valence-corrected chi connectivity index (χ4v) is 2.61. The second-order valence-corrected chi connectivity index (χ2v) is 9.50. The Morgan fingerprint density at radius 3 is 1.16 bits per heavy atom. The summed E-state index contributed by atoms with van der Waals surface area (Å²) < 4.78 is 0. The van der Waals surface area contributed by atoms with Gasteiger partial charge in [-0.05, 0) is 62.2 Å². The maximum Gasteiger partial charge on any atom is 0.228 e. The van der Waals surface area contributed by atoms with Crippen molar-refractivity contribution in [2.75, 3.05) is 13.2 Å². The van der Waals surface area contributed by atoms with Gasteiger partial charge in [0.1, 0.15) is 0 Å². The second kappa shape index (κ2) is 13.8. The van der Waals surface area contributed by atoms with E-state index in [0.29, 0.717) is 11.8 Å². The van der Waals surface area contributed by atoms with Crippen molar-refractivity contribution in [3.05, 3.63) is 63.2 Å². The first-order valence-corrected chi connectivity index (χ1v) is 10.2. The molecule has 2 aliphatic rings. The third kappa shape index (κ3) is 10.7. The zero-order valence-electron chi connectivity index (χ0n) is 19.3. The van der Waals surface area contributed by atoms with Crippen LogP contribution in [-0.2, 0) is 26.7 Å². The molecule has 0 heterocycles. The monoisotopic (exact) mass is 472 g/mol. The van der Waals surface area contributed by atoms with Gasteiger partial charge in [0.15, 0.2) is 0 Å². The van der Waals surface area contributed by atoms with E-state index in [1.54, 1.807) is 25.7 Å². The first-order valence-electron chi connectivity index (χ1n) is 10.2. The number of carbonyl (C=O) groups is 2. The van der Waals surface area contributed by atoms with Crippen LogP contribution in [0.4, 0.5) is 0 Å². The molecule has 4 N–H and O–H groups in total. The Balaban J connectivity index is 0.000000562. The van der Waals surface area contributed by atoms with E-state index in [1.807, 2.05) is 67.2 Å². The number of rotatable bonds is 6. The number of nitrogens with one attached hydrogen (secondary N) is 2. The van der Waals surface area contributed by atoms with Crippen molar-refractivity contribution < 1.29 is 36.9 Å². The fraction of sp³-hybridized carbons (Fsp3) is 0.500. The van der Waals surface area contributed by atoms with Crippen molar-refractivity contribution in [1.29, 1.82) is 0 Å². The van der Waals surface area contributed by atoms with E-state index in [9.17, 15) is 19.8 Å². The van der Waals surface area contributed by atoms with Crippen molar-refractivity contribution in [2.24, 2.45) is 10.8 Å². The Hall–Kier alpha value is -0.621. The summed E-state index contributed by atoms with van der Waals surface area (Å²) in [5, 5.41) is 24.0. The van der Waals surface area contributed by atoms with Gasteiger partial charge in [0, 0.05) is 17.1 Å². The van der Waals surface area contributed by atoms with Crippen LogP contribution < -0.4 is 10.6 Å². The Morgan fingerprint density at radius 1 is 0.710 bits per heavy atom. The molecule has 0 bridgehead atoms. The van der Waals surface area contributed by atoms with Crippen LogP contribution >= 0.6 is 0 Å². The van der Waals surface area contributed by atoms with Crippen LogP contribution in [0.5, 0.6) is 0 Å². The maximum atomic E-state index is 11.7. The maximum absolute atomic E-state index is 11.7. The van der Waals surface area contributed by atoms with E-state index >= 15 is 0 Å². The minimum absolute atomic E-state index is 0. The van der Waals surface area contributed by atoms with Crippen molar-refractivity contribution in [3.8, 4) is 0 Å². The summed E-state index contributed by atoms with van der Waals surface area (Å²) in [6.07, 6.45) is 14.3. The zero-order chi connectivity index (χ0) is 22.9. The van der Waals surface area contributed by atoms with Crippen LogP contribution in [0.2, 0.25) is 0 Å². The first kappa shape index (κ1) is 30.4. The van der Waals surface area contributed by atoms with Crippen molar-refractivity contribution >= 4 is 11.8 Å². The van der Waals surface area contributed by atoms with Gasteiger partial charge in [-0.25, -0.2) is 0 Å². The molecule has 0 spiro atoms. The second-order valence-electron chi connectivity index (χ2n) is 9.50. The smallest absolute Gasteiger partial charge is 0.228 e. The van der Waals surface area contributed by atoms with Gasteiger partial charge >= 0.3 is 0 Å². The predicted octanol–water partition coefficient (Wildman–Crippen LogP) is 1.83. The Labute approximate surface area is 200 Å². The van der Waals surface area contributed by atoms with Crippen LogP contribution in [-0.4, -0.2) is 47.3 Å². The van der Waals surface area contributed by atoms with Gasteiger partial charge in [0.25, 0.3) is 0 Å². The van der Waals surface area contributed by atoms with E-state index < -0.39 is 0 Å². The van der Waals surface area contributed by atoms with E-state index in [-0.39, 0.29) is 65.0 Å². The molecule has 0 aromatic heterocycles. The molecule has 7 heteroatoms. The molecular weight excluding hydrogens is 436 g/mol. The number of hydrogen-bond donors (Lipinski definition) is 4. The van der Waals surface area contributed by atoms with E-state index in [0.717, 1.165) is 0 Å². The SMILES string of the molecule is CC(C)(C)[C@@H](CO)NC(=O)[C]1[CH][CH][CH][CH]1.CC(C)(C)[C@@H](CO)NC(=O)[C]1[CH][CH][CH][CH]1.[Fe]. The molecule has 2 rings (SSSR count). The zero-order valence-corrected chi connectivity index (χ0v) is 20.4. The molecule has 2 atom stereocenters. The fourth-order valence-electron chi connectivity index (χ4n) is 2.61. The van der Waals surface area contributed by atoms with Crippen molar-refractivity contribution in [2.45, 2.75) is 53.6 Å². The van der Waals surface area contributed by atoms with Gasteiger partial charge in [0.2, 0.25) is 11.8 Å². The summed E-state index contributed by atoms with van der Waals surface area (Å²) >= 11 is 0. The minimum atomic E-state index is -0.222. The molecular formula is C24H36FeN2O4.